The predicted molar refractivity (Wildman–Crippen MR) is 59.7 cm³/mol. The summed E-state index contributed by atoms with van der Waals surface area (Å²) in [6.45, 7) is 1.95. The summed E-state index contributed by atoms with van der Waals surface area (Å²) < 4.78 is 23.8. The topological polar surface area (TPSA) is 78.0 Å². The summed E-state index contributed by atoms with van der Waals surface area (Å²) in [5, 5.41) is 9.00. The van der Waals surface area contributed by atoms with E-state index < -0.39 is 10.0 Å². The molecule has 2 aromatic rings. The maximum absolute atomic E-state index is 11.3. The summed E-state index contributed by atoms with van der Waals surface area (Å²) in [5.41, 5.74) is 1.76. The molecular weight excluding hydrogens is 226 g/mol. The highest BCUT2D eigenvalue weighted by molar-refractivity contribution is 7.89. The third-order valence-corrected chi connectivity index (χ3v) is 3.07. The molecule has 0 radical (unpaired) electrons. The fourth-order valence-electron chi connectivity index (χ4n) is 1.39. The van der Waals surface area contributed by atoms with Gasteiger partial charge in [-0.25, -0.2) is 18.2 Å². The summed E-state index contributed by atoms with van der Waals surface area (Å²) in [5.74, 6) is 0. The molecule has 0 unspecified atom stereocenters. The van der Waals surface area contributed by atoms with Crippen molar-refractivity contribution >= 4 is 10.0 Å². The van der Waals surface area contributed by atoms with Gasteiger partial charge in [-0.2, -0.15) is 5.10 Å². The van der Waals surface area contributed by atoms with Crippen molar-refractivity contribution in [2.24, 2.45) is 5.14 Å². The first-order valence-electron chi connectivity index (χ1n) is 4.62. The third-order valence-electron chi connectivity index (χ3n) is 2.18. The number of benzene rings is 1. The number of primary sulfonamides is 1. The van der Waals surface area contributed by atoms with Gasteiger partial charge in [0.25, 0.3) is 10.0 Å². The van der Waals surface area contributed by atoms with Crippen molar-refractivity contribution in [1.29, 1.82) is 0 Å². The monoisotopic (exact) mass is 237 g/mol. The number of sulfonamides is 1. The Hall–Kier alpha value is -1.66. The molecule has 2 N–H and O–H groups in total. The number of aryl methyl sites for hydroxylation is 1. The molecule has 6 heteroatoms. The van der Waals surface area contributed by atoms with Crippen molar-refractivity contribution < 1.29 is 8.42 Å². The van der Waals surface area contributed by atoms with Gasteiger partial charge in [0, 0.05) is 0 Å². The Morgan fingerprint density at radius 1 is 1.19 bits per heavy atom. The summed E-state index contributed by atoms with van der Waals surface area (Å²) in [6, 6.07) is 8.71. The Bertz CT molecular complexity index is 599. The Morgan fingerprint density at radius 3 is 2.38 bits per heavy atom. The summed E-state index contributed by atoms with van der Waals surface area (Å²) in [7, 11) is -3.75. The largest absolute Gasteiger partial charge is 0.255 e. The van der Waals surface area contributed by atoms with Crippen molar-refractivity contribution in [3.05, 3.63) is 42.1 Å². The first kappa shape index (κ1) is 10.8. The van der Waals surface area contributed by atoms with Gasteiger partial charge in [0.05, 0.1) is 11.9 Å². The van der Waals surface area contributed by atoms with E-state index in [1.54, 1.807) is 12.1 Å². The van der Waals surface area contributed by atoms with Gasteiger partial charge in [-0.15, -0.1) is 0 Å². The lowest BCUT2D eigenvalue weighted by atomic mass is 10.2. The van der Waals surface area contributed by atoms with Crippen LogP contribution < -0.4 is 5.14 Å². The highest BCUT2D eigenvalue weighted by Gasteiger charge is 2.15. The molecule has 2 rings (SSSR count). The first-order chi connectivity index (χ1) is 7.48. The third kappa shape index (κ3) is 1.98. The number of hydrogen-bond acceptors (Lipinski definition) is 3. The molecule has 0 aliphatic heterocycles. The van der Waals surface area contributed by atoms with Gasteiger partial charge < -0.3 is 0 Å². The lowest BCUT2D eigenvalue weighted by molar-refractivity contribution is 0.587. The molecule has 0 aliphatic carbocycles. The molecule has 1 aromatic heterocycles. The molecular formula is C10H11N3O2S. The lowest BCUT2D eigenvalue weighted by Crippen LogP contribution is -2.17. The minimum atomic E-state index is -3.75. The number of rotatable bonds is 2. The quantitative estimate of drug-likeness (QED) is 0.840. The average Bonchev–Trinajstić information content (AvgIpc) is 2.66. The molecule has 0 fully saturated rings. The van der Waals surface area contributed by atoms with E-state index in [2.05, 4.69) is 5.10 Å². The van der Waals surface area contributed by atoms with Gasteiger partial charge in [0.2, 0.25) is 0 Å². The molecule has 1 heterocycles. The number of nitrogens with zero attached hydrogens (tertiary/aromatic N) is 2. The predicted octanol–water partition coefficient (Wildman–Crippen LogP) is 0.828. The van der Waals surface area contributed by atoms with Crippen LogP contribution in [0, 0.1) is 6.92 Å². The molecule has 0 saturated carbocycles. The number of nitrogens with two attached hydrogens (primary N) is 1. The van der Waals surface area contributed by atoms with Gasteiger partial charge >= 0.3 is 0 Å². The van der Waals surface area contributed by atoms with Crippen LogP contribution in [0.3, 0.4) is 0 Å². The van der Waals surface area contributed by atoms with E-state index in [0.29, 0.717) is 5.69 Å². The second-order valence-corrected chi connectivity index (χ2v) is 4.97. The zero-order valence-electron chi connectivity index (χ0n) is 8.66. The van der Waals surface area contributed by atoms with Crippen LogP contribution in [0.1, 0.15) is 5.56 Å². The molecule has 84 valence electrons. The number of hydrogen-bond donors (Lipinski definition) is 1. The Balaban J connectivity index is 2.58. The van der Waals surface area contributed by atoms with Crippen LogP contribution in [0.25, 0.3) is 5.69 Å². The summed E-state index contributed by atoms with van der Waals surface area (Å²) in [4.78, 5) is 0. The zero-order valence-corrected chi connectivity index (χ0v) is 9.48. The summed E-state index contributed by atoms with van der Waals surface area (Å²) >= 11 is 0. The van der Waals surface area contributed by atoms with Crippen LogP contribution in [0.4, 0.5) is 0 Å². The van der Waals surface area contributed by atoms with Crippen LogP contribution in [0.5, 0.6) is 0 Å². The molecule has 0 atom stereocenters. The minimum Gasteiger partial charge on any atom is -0.223 e. The van der Waals surface area contributed by atoms with Gasteiger partial charge in [0.1, 0.15) is 0 Å². The second-order valence-electron chi connectivity index (χ2n) is 3.46. The van der Waals surface area contributed by atoms with Crippen molar-refractivity contribution in [2.45, 2.75) is 11.9 Å². The van der Waals surface area contributed by atoms with Gasteiger partial charge in [-0.3, -0.25) is 0 Å². The first-order valence-corrected chi connectivity index (χ1v) is 6.17. The SMILES string of the molecule is Cc1ccc(-n2nccc2S(N)(=O)=O)cc1. The molecule has 16 heavy (non-hydrogen) atoms. The molecule has 0 amide bonds. The molecule has 0 aliphatic rings. The number of aromatic nitrogens is 2. The van der Waals surface area contributed by atoms with Crippen molar-refractivity contribution in [3.8, 4) is 5.69 Å². The van der Waals surface area contributed by atoms with Crippen LogP contribution in [0.15, 0.2) is 41.6 Å². The maximum Gasteiger partial charge on any atom is 0.255 e. The van der Waals surface area contributed by atoms with Crippen LogP contribution in [0.2, 0.25) is 0 Å². The fourth-order valence-corrected chi connectivity index (χ4v) is 2.03. The second kappa shape index (κ2) is 3.73. The molecule has 0 saturated heterocycles. The maximum atomic E-state index is 11.3. The lowest BCUT2D eigenvalue weighted by Gasteiger charge is -2.05. The Labute approximate surface area is 93.6 Å². The van der Waals surface area contributed by atoms with E-state index >= 15 is 0 Å². The molecule has 1 aromatic carbocycles. The molecule has 0 bridgehead atoms. The molecule has 5 nitrogen and oxygen atoms in total. The van der Waals surface area contributed by atoms with E-state index in [4.69, 9.17) is 5.14 Å². The summed E-state index contributed by atoms with van der Waals surface area (Å²) in [6.07, 6.45) is 1.40. The van der Waals surface area contributed by atoms with Crippen molar-refractivity contribution in [1.82, 2.24) is 9.78 Å². The zero-order chi connectivity index (χ0) is 11.8. The highest BCUT2D eigenvalue weighted by Crippen LogP contribution is 2.14. The van der Waals surface area contributed by atoms with Crippen LogP contribution in [-0.4, -0.2) is 18.2 Å². The van der Waals surface area contributed by atoms with E-state index in [-0.39, 0.29) is 5.03 Å². The van der Waals surface area contributed by atoms with E-state index in [1.165, 1.54) is 16.9 Å². The highest BCUT2D eigenvalue weighted by atomic mass is 32.2. The van der Waals surface area contributed by atoms with Gasteiger partial charge in [-0.1, -0.05) is 17.7 Å². The van der Waals surface area contributed by atoms with Crippen LogP contribution >= 0.6 is 0 Å². The Kier molecular flexibility index (Phi) is 2.53. The normalized spacial score (nSPS) is 11.6. The van der Waals surface area contributed by atoms with E-state index in [0.717, 1.165) is 5.56 Å². The smallest absolute Gasteiger partial charge is 0.223 e. The van der Waals surface area contributed by atoms with E-state index in [9.17, 15) is 8.42 Å². The van der Waals surface area contributed by atoms with E-state index in [1.807, 2.05) is 19.1 Å². The average molecular weight is 237 g/mol. The Morgan fingerprint density at radius 2 is 1.81 bits per heavy atom. The van der Waals surface area contributed by atoms with Crippen LogP contribution in [-0.2, 0) is 10.0 Å². The minimum absolute atomic E-state index is 0.0173. The van der Waals surface area contributed by atoms with Gasteiger partial charge in [-0.05, 0) is 25.1 Å². The standard InChI is InChI=1S/C10H11N3O2S/c1-8-2-4-9(5-3-8)13-10(6-7-12-13)16(11,14)15/h2-7H,1H3,(H2,11,14,15). The van der Waals surface area contributed by atoms with Crippen molar-refractivity contribution in [3.63, 3.8) is 0 Å². The van der Waals surface area contributed by atoms with Crippen molar-refractivity contribution in [2.75, 3.05) is 0 Å². The van der Waals surface area contributed by atoms with Gasteiger partial charge in [0.15, 0.2) is 5.03 Å². The molecule has 0 spiro atoms. The fraction of sp³-hybridized carbons (Fsp3) is 0.100.